The van der Waals surface area contributed by atoms with Crippen LogP contribution >= 0.6 is 0 Å². The van der Waals surface area contributed by atoms with Crippen LogP contribution in [0.25, 0.3) is 0 Å². The van der Waals surface area contributed by atoms with Crippen LogP contribution < -0.4 is 11.1 Å². The molecule has 0 fully saturated rings. The third-order valence-electron chi connectivity index (χ3n) is 2.26. The van der Waals surface area contributed by atoms with Crippen molar-refractivity contribution in [2.45, 2.75) is 19.4 Å². The molecule has 0 saturated carbocycles. The molecule has 1 rings (SSSR count). The van der Waals surface area contributed by atoms with Crippen LogP contribution in [-0.4, -0.2) is 28.2 Å². The van der Waals surface area contributed by atoms with Crippen LogP contribution in [0.2, 0.25) is 0 Å². The van der Waals surface area contributed by atoms with Gasteiger partial charge in [0.1, 0.15) is 0 Å². The minimum absolute atomic E-state index is 0.119. The maximum absolute atomic E-state index is 11.1. The van der Waals surface area contributed by atoms with Gasteiger partial charge >= 0.3 is 115 Å². The Balaban J connectivity index is 2.61. The normalized spacial score (nSPS) is 11.8. The summed E-state index contributed by atoms with van der Waals surface area (Å²) >= 11 is 2.10. The Hall–Kier alpha value is -1.14. The van der Waals surface area contributed by atoms with Crippen molar-refractivity contribution in [3.05, 3.63) is 29.8 Å². The van der Waals surface area contributed by atoms with Gasteiger partial charge in [-0.25, -0.2) is 0 Å². The van der Waals surface area contributed by atoms with Crippen molar-refractivity contribution in [3.63, 3.8) is 0 Å². The van der Waals surface area contributed by atoms with E-state index in [0.29, 0.717) is 17.6 Å². The third-order valence-corrected chi connectivity index (χ3v) is 2.46. The number of hydrogen-bond donors (Lipinski definition) is 3. The monoisotopic (exact) mass is 287 g/mol. The summed E-state index contributed by atoms with van der Waals surface area (Å²) in [6.45, 7) is 1.76. The van der Waals surface area contributed by atoms with Gasteiger partial charge in [-0.1, -0.05) is 0 Å². The van der Waals surface area contributed by atoms with Crippen molar-refractivity contribution in [1.29, 1.82) is 0 Å². The Morgan fingerprint density at radius 2 is 2.11 bits per heavy atom. The Morgan fingerprint density at radius 3 is 2.61 bits per heavy atom. The number of hydrogen-bond acceptors (Lipinski definition) is 4. The van der Waals surface area contributed by atoms with Crippen molar-refractivity contribution in [1.82, 2.24) is 5.32 Å². The third kappa shape index (κ3) is 5.98. The van der Waals surface area contributed by atoms with E-state index in [1.54, 1.807) is 24.3 Å². The molecule has 0 aliphatic rings. The molecule has 5 nitrogen and oxygen atoms in total. The first kappa shape index (κ1) is 14.9. The molecule has 1 atom stereocenters. The standard InChI is InChI=1S/C12H16N2O3.V/c1-9(15)14-11(7-17-8-13)6-10-2-4-12(16)5-3-10;/h2-5,11,16H,6-7,13H2,1H3,(H,14,15);/t11-;/m0./s1. The molecule has 0 unspecified atom stereocenters. The van der Waals surface area contributed by atoms with E-state index in [1.165, 1.54) is 6.92 Å². The average molecular weight is 287 g/mol. The molecule has 0 heterocycles. The van der Waals surface area contributed by atoms with Gasteiger partial charge < -0.3 is 0 Å². The summed E-state index contributed by atoms with van der Waals surface area (Å²) in [4.78, 5) is 11.1. The Kier molecular flexibility index (Phi) is 6.08. The molecule has 4 N–H and O–H groups in total. The molecule has 97 valence electrons. The number of amides is 1. The molecule has 0 bridgehead atoms. The molecule has 0 saturated heterocycles. The van der Waals surface area contributed by atoms with Gasteiger partial charge in [-0.3, -0.25) is 0 Å². The number of carbonyl (C=O) groups excluding carboxylic acids is 1. The van der Waals surface area contributed by atoms with Gasteiger partial charge in [0, 0.05) is 0 Å². The number of aromatic hydroxyl groups is 1. The number of nitrogens with one attached hydrogen (secondary N) is 1. The summed E-state index contributed by atoms with van der Waals surface area (Å²) in [6, 6.07) is 6.67. The van der Waals surface area contributed by atoms with Gasteiger partial charge in [0.15, 0.2) is 0 Å². The zero-order valence-electron chi connectivity index (χ0n) is 10.1. The first-order chi connectivity index (χ1) is 8.47. The fraction of sp³-hybridized carbons (Fsp3) is 0.333. The average Bonchev–Trinajstić information content (AvgIpc) is 2.28. The summed E-state index contributed by atoms with van der Waals surface area (Å²) in [6.07, 6.45) is 0.611. The molecule has 0 radical (unpaired) electrons. The topological polar surface area (TPSA) is 84.6 Å². The summed E-state index contributed by atoms with van der Waals surface area (Å²) in [7, 11) is 0. The van der Waals surface area contributed by atoms with E-state index in [0.717, 1.165) is 5.56 Å². The van der Waals surface area contributed by atoms with E-state index in [-0.39, 0.29) is 17.7 Å². The first-order valence-corrected chi connectivity index (χ1v) is 6.16. The predicted molar refractivity (Wildman–Crippen MR) is 64.6 cm³/mol. The zero-order chi connectivity index (χ0) is 13.5. The van der Waals surface area contributed by atoms with E-state index >= 15 is 0 Å². The number of ether oxygens (including phenoxy) is 1. The minimum atomic E-state index is -0.158. The van der Waals surface area contributed by atoms with Gasteiger partial charge in [0.25, 0.3) is 0 Å². The summed E-state index contributed by atoms with van der Waals surface area (Å²) in [5, 5.41) is 12.0. The molecule has 1 aromatic rings. The maximum atomic E-state index is 11.1. The number of benzene rings is 1. The summed E-state index contributed by atoms with van der Waals surface area (Å²) < 4.78 is 5.51. The fourth-order valence-electron chi connectivity index (χ4n) is 1.54. The molecular weight excluding hydrogens is 271 g/mol. The molecule has 0 aliphatic heterocycles. The van der Waals surface area contributed by atoms with E-state index in [2.05, 4.69) is 22.3 Å². The Labute approximate surface area is 115 Å². The van der Waals surface area contributed by atoms with E-state index in [1.807, 2.05) is 0 Å². The number of rotatable bonds is 6. The summed E-state index contributed by atoms with van der Waals surface area (Å²) in [5.74, 6) is 0.0982. The van der Waals surface area contributed by atoms with Crippen molar-refractivity contribution >= 4 is 10.4 Å². The quantitative estimate of drug-likeness (QED) is 0.690. The fourth-order valence-corrected chi connectivity index (χ4v) is 1.66. The van der Waals surface area contributed by atoms with Crippen molar-refractivity contribution in [2.24, 2.45) is 5.73 Å². The Bertz CT molecular complexity index is 420. The number of carbonyl (C=O) groups is 1. The predicted octanol–water partition coefficient (Wildman–Crippen LogP) is 0.0489. The second kappa shape index (κ2) is 7.33. The van der Waals surface area contributed by atoms with Gasteiger partial charge in [-0.2, -0.15) is 0 Å². The molecule has 6 heteroatoms. The van der Waals surface area contributed by atoms with E-state index in [9.17, 15) is 9.90 Å². The molecule has 18 heavy (non-hydrogen) atoms. The Morgan fingerprint density at radius 1 is 1.50 bits per heavy atom. The van der Waals surface area contributed by atoms with Gasteiger partial charge in [-0.05, 0) is 0 Å². The zero-order valence-corrected chi connectivity index (χ0v) is 11.5. The molecular formula is C12H16N2O3V. The van der Waals surface area contributed by atoms with Gasteiger partial charge in [0.05, 0.1) is 0 Å². The van der Waals surface area contributed by atoms with Crippen molar-refractivity contribution < 1.29 is 31.6 Å². The molecule has 0 spiro atoms. The SMILES string of the molecule is CC(=O)N[C@H](CO[C](N)=[V])Cc1ccc(O)cc1. The van der Waals surface area contributed by atoms with Crippen molar-refractivity contribution in [2.75, 3.05) is 6.61 Å². The number of phenolic OH excluding ortho intramolecular Hbond substituents is 1. The van der Waals surface area contributed by atoms with Crippen LogP contribution in [0.3, 0.4) is 0 Å². The molecule has 0 aliphatic carbocycles. The van der Waals surface area contributed by atoms with Crippen LogP contribution in [0.5, 0.6) is 5.75 Å². The van der Waals surface area contributed by atoms with Crippen LogP contribution in [-0.2, 0) is 32.9 Å². The van der Waals surface area contributed by atoms with E-state index in [4.69, 9.17) is 10.5 Å². The van der Waals surface area contributed by atoms with E-state index < -0.39 is 0 Å². The van der Waals surface area contributed by atoms with Crippen molar-refractivity contribution in [3.8, 4) is 5.75 Å². The van der Waals surface area contributed by atoms with Crippen LogP contribution in [0.4, 0.5) is 0 Å². The summed E-state index contributed by atoms with van der Waals surface area (Å²) in [5.41, 5.74) is 6.41. The second-order valence-electron chi connectivity index (χ2n) is 3.92. The molecule has 0 aromatic heterocycles. The first-order valence-electron chi connectivity index (χ1n) is 5.46. The second-order valence-corrected chi connectivity index (χ2v) is 4.61. The van der Waals surface area contributed by atoms with Crippen LogP contribution in [0, 0.1) is 0 Å². The van der Waals surface area contributed by atoms with Gasteiger partial charge in [-0.15, -0.1) is 0 Å². The molecule has 1 aromatic carbocycles. The van der Waals surface area contributed by atoms with Gasteiger partial charge in [0.2, 0.25) is 0 Å². The number of nitrogens with two attached hydrogens (primary N) is 1. The van der Waals surface area contributed by atoms with Crippen LogP contribution in [0.1, 0.15) is 12.5 Å². The number of phenols is 1. The van der Waals surface area contributed by atoms with Crippen LogP contribution in [0.15, 0.2) is 24.3 Å². The molecule has 1 amide bonds.